The van der Waals surface area contributed by atoms with Gasteiger partial charge in [-0.2, -0.15) is 0 Å². The molecule has 2 aromatic heterocycles. The maximum atomic E-state index is 12.2. The summed E-state index contributed by atoms with van der Waals surface area (Å²) in [5.41, 5.74) is 2.49. The summed E-state index contributed by atoms with van der Waals surface area (Å²) in [5.74, 6) is -0.150. The van der Waals surface area contributed by atoms with Gasteiger partial charge in [0, 0.05) is 16.8 Å². The van der Waals surface area contributed by atoms with Gasteiger partial charge in [0.2, 0.25) is 0 Å². The number of hydrogen-bond donors (Lipinski definition) is 2. The van der Waals surface area contributed by atoms with Crippen LogP contribution in [0.25, 0.3) is 0 Å². The third-order valence-electron chi connectivity index (χ3n) is 3.18. The molecule has 5 heteroatoms. The Labute approximate surface area is 123 Å². The first-order chi connectivity index (χ1) is 9.51. The minimum atomic E-state index is -0.150. The number of anilines is 1. The van der Waals surface area contributed by atoms with Crippen molar-refractivity contribution >= 4 is 22.9 Å². The smallest absolute Gasteiger partial charge is 0.270 e. The lowest BCUT2D eigenvalue weighted by molar-refractivity contribution is 0.0935. The monoisotopic (exact) mass is 289 g/mol. The van der Waals surface area contributed by atoms with Crippen molar-refractivity contribution in [3.05, 3.63) is 45.4 Å². The first-order valence-corrected chi connectivity index (χ1v) is 7.34. The zero-order valence-corrected chi connectivity index (χ0v) is 13.0. The standard InChI is InChI=1S/C15H19N3OS/c1-9-7-13(11(3)20-9)10(2)18-15(19)14-6-5-12(16-4)8-17-14/h5-8,10,16H,1-4H3,(H,18,19). The molecule has 4 nitrogen and oxygen atoms in total. The van der Waals surface area contributed by atoms with E-state index >= 15 is 0 Å². The van der Waals surface area contributed by atoms with Crippen molar-refractivity contribution in [1.29, 1.82) is 0 Å². The Hall–Kier alpha value is -1.88. The Morgan fingerprint density at radius 3 is 2.60 bits per heavy atom. The van der Waals surface area contributed by atoms with Gasteiger partial charge in [-0.05, 0) is 44.5 Å². The average molecular weight is 289 g/mol. The molecule has 0 saturated carbocycles. The SMILES string of the molecule is CNc1ccc(C(=O)NC(C)c2cc(C)sc2C)nc1. The molecule has 2 heterocycles. The van der Waals surface area contributed by atoms with Crippen molar-refractivity contribution < 1.29 is 4.79 Å². The van der Waals surface area contributed by atoms with Crippen molar-refractivity contribution in [2.45, 2.75) is 26.8 Å². The van der Waals surface area contributed by atoms with E-state index in [0.717, 1.165) is 5.69 Å². The van der Waals surface area contributed by atoms with Gasteiger partial charge in [-0.3, -0.25) is 4.79 Å². The third-order valence-corrected chi connectivity index (χ3v) is 4.16. The van der Waals surface area contributed by atoms with Crippen LogP contribution in [-0.4, -0.2) is 17.9 Å². The topological polar surface area (TPSA) is 54.0 Å². The Bertz CT molecular complexity index is 604. The van der Waals surface area contributed by atoms with Crippen molar-refractivity contribution in [3.63, 3.8) is 0 Å². The van der Waals surface area contributed by atoms with E-state index in [9.17, 15) is 4.79 Å². The molecule has 1 unspecified atom stereocenters. The Kier molecular flexibility index (Phi) is 4.39. The molecule has 0 spiro atoms. The minimum absolute atomic E-state index is 0.0155. The second-order valence-corrected chi connectivity index (χ2v) is 6.21. The van der Waals surface area contributed by atoms with Crippen LogP contribution in [0.3, 0.4) is 0 Å². The fourth-order valence-electron chi connectivity index (χ4n) is 2.10. The van der Waals surface area contributed by atoms with Crippen LogP contribution < -0.4 is 10.6 Å². The summed E-state index contributed by atoms with van der Waals surface area (Å²) >= 11 is 1.75. The molecular weight excluding hydrogens is 270 g/mol. The Morgan fingerprint density at radius 2 is 2.10 bits per heavy atom. The number of hydrogen-bond acceptors (Lipinski definition) is 4. The van der Waals surface area contributed by atoms with Gasteiger partial charge in [0.1, 0.15) is 5.69 Å². The van der Waals surface area contributed by atoms with Gasteiger partial charge in [-0.1, -0.05) is 0 Å². The zero-order chi connectivity index (χ0) is 14.7. The quantitative estimate of drug-likeness (QED) is 0.908. The molecular formula is C15H19N3OS. The van der Waals surface area contributed by atoms with Crippen molar-refractivity contribution in [2.75, 3.05) is 12.4 Å². The van der Waals surface area contributed by atoms with Gasteiger partial charge in [0.05, 0.1) is 17.9 Å². The molecule has 0 aliphatic rings. The highest BCUT2D eigenvalue weighted by molar-refractivity contribution is 7.12. The lowest BCUT2D eigenvalue weighted by atomic mass is 10.1. The molecule has 2 N–H and O–H groups in total. The molecule has 2 rings (SSSR count). The van der Waals surface area contributed by atoms with Crippen LogP contribution >= 0.6 is 11.3 Å². The van der Waals surface area contributed by atoms with Crippen molar-refractivity contribution in [3.8, 4) is 0 Å². The summed E-state index contributed by atoms with van der Waals surface area (Å²) < 4.78 is 0. The maximum Gasteiger partial charge on any atom is 0.270 e. The number of rotatable bonds is 4. The molecule has 0 bridgehead atoms. The number of carbonyl (C=O) groups is 1. The normalized spacial score (nSPS) is 12.0. The predicted octanol–water partition coefficient (Wildman–Crippen LogP) is 3.29. The number of pyridine rings is 1. The fraction of sp³-hybridized carbons (Fsp3) is 0.333. The number of amides is 1. The number of thiophene rings is 1. The highest BCUT2D eigenvalue weighted by atomic mass is 32.1. The van der Waals surface area contributed by atoms with Crippen LogP contribution in [0.15, 0.2) is 24.4 Å². The van der Waals surface area contributed by atoms with Gasteiger partial charge < -0.3 is 10.6 Å². The molecule has 0 aliphatic carbocycles. The second kappa shape index (κ2) is 6.05. The maximum absolute atomic E-state index is 12.2. The van der Waals surface area contributed by atoms with Crippen LogP contribution in [0.2, 0.25) is 0 Å². The van der Waals surface area contributed by atoms with Crippen molar-refractivity contribution in [2.24, 2.45) is 0 Å². The first-order valence-electron chi connectivity index (χ1n) is 6.53. The Balaban J connectivity index is 2.08. The van der Waals surface area contributed by atoms with Gasteiger partial charge in [-0.25, -0.2) is 4.98 Å². The number of carbonyl (C=O) groups excluding carboxylic acids is 1. The molecule has 0 aromatic carbocycles. The van der Waals surface area contributed by atoms with Gasteiger partial charge in [0.15, 0.2) is 0 Å². The summed E-state index contributed by atoms with van der Waals surface area (Å²) in [7, 11) is 1.82. The summed E-state index contributed by atoms with van der Waals surface area (Å²) in [5, 5.41) is 5.97. The van der Waals surface area contributed by atoms with E-state index in [0.29, 0.717) is 5.69 Å². The number of aryl methyl sites for hydroxylation is 2. The summed E-state index contributed by atoms with van der Waals surface area (Å²) in [4.78, 5) is 18.8. The number of nitrogens with zero attached hydrogens (tertiary/aromatic N) is 1. The van der Waals surface area contributed by atoms with Crippen molar-refractivity contribution in [1.82, 2.24) is 10.3 Å². The van der Waals surface area contributed by atoms with Crippen LogP contribution in [-0.2, 0) is 0 Å². The molecule has 1 amide bonds. The first kappa shape index (κ1) is 14.5. The lowest BCUT2D eigenvalue weighted by Crippen LogP contribution is -2.27. The highest BCUT2D eigenvalue weighted by Crippen LogP contribution is 2.26. The molecule has 0 saturated heterocycles. The van der Waals surface area contributed by atoms with Crippen LogP contribution in [0.1, 0.15) is 38.8 Å². The molecule has 0 fully saturated rings. The van der Waals surface area contributed by atoms with E-state index in [1.54, 1.807) is 23.6 Å². The summed E-state index contributed by atoms with van der Waals surface area (Å²) in [6.45, 7) is 6.15. The minimum Gasteiger partial charge on any atom is -0.387 e. The largest absolute Gasteiger partial charge is 0.387 e. The van der Waals surface area contributed by atoms with Gasteiger partial charge in [0.25, 0.3) is 5.91 Å². The predicted molar refractivity (Wildman–Crippen MR) is 83.5 cm³/mol. The van der Waals surface area contributed by atoms with E-state index in [-0.39, 0.29) is 11.9 Å². The van der Waals surface area contributed by atoms with E-state index in [4.69, 9.17) is 0 Å². The highest BCUT2D eigenvalue weighted by Gasteiger charge is 2.15. The van der Waals surface area contributed by atoms with E-state index < -0.39 is 0 Å². The molecule has 2 aromatic rings. The third kappa shape index (κ3) is 3.17. The van der Waals surface area contributed by atoms with Crippen LogP contribution in [0, 0.1) is 13.8 Å². The van der Waals surface area contributed by atoms with Gasteiger partial charge >= 0.3 is 0 Å². The number of nitrogens with one attached hydrogen (secondary N) is 2. The molecule has 1 atom stereocenters. The Morgan fingerprint density at radius 1 is 1.35 bits per heavy atom. The summed E-state index contributed by atoms with van der Waals surface area (Å²) in [6.07, 6.45) is 1.65. The van der Waals surface area contributed by atoms with Gasteiger partial charge in [-0.15, -0.1) is 11.3 Å². The summed E-state index contributed by atoms with van der Waals surface area (Å²) in [6, 6.07) is 5.67. The fourth-order valence-corrected chi connectivity index (χ4v) is 3.13. The van der Waals surface area contributed by atoms with E-state index in [1.807, 2.05) is 20.0 Å². The molecule has 0 aliphatic heterocycles. The zero-order valence-electron chi connectivity index (χ0n) is 12.2. The lowest BCUT2D eigenvalue weighted by Gasteiger charge is -2.13. The molecule has 106 valence electrons. The molecule has 0 radical (unpaired) electrons. The number of aromatic nitrogens is 1. The van der Waals surface area contributed by atoms with E-state index in [1.165, 1.54) is 15.3 Å². The van der Waals surface area contributed by atoms with Crippen LogP contribution in [0.5, 0.6) is 0 Å². The second-order valence-electron chi connectivity index (χ2n) is 4.75. The molecule has 20 heavy (non-hydrogen) atoms. The van der Waals surface area contributed by atoms with E-state index in [2.05, 4.69) is 35.5 Å². The average Bonchev–Trinajstić information content (AvgIpc) is 2.78. The van der Waals surface area contributed by atoms with Crippen LogP contribution in [0.4, 0.5) is 5.69 Å².